The van der Waals surface area contributed by atoms with Crippen molar-refractivity contribution in [2.75, 3.05) is 20.8 Å². The van der Waals surface area contributed by atoms with Crippen molar-refractivity contribution in [3.63, 3.8) is 0 Å². The number of nitrogens with one attached hydrogen (secondary N) is 2. The van der Waals surface area contributed by atoms with E-state index in [1.165, 1.54) is 6.07 Å². The number of hydrogen-bond acceptors (Lipinski definition) is 5. The minimum absolute atomic E-state index is 0.188. The zero-order valence-corrected chi connectivity index (χ0v) is 16.5. The van der Waals surface area contributed by atoms with Gasteiger partial charge in [0.25, 0.3) is 0 Å². The third-order valence-electron chi connectivity index (χ3n) is 4.50. The second kappa shape index (κ2) is 9.50. The Hall–Kier alpha value is -2.68. The van der Waals surface area contributed by atoms with Crippen LogP contribution in [0.15, 0.2) is 23.2 Å². The molecule has 1 aliphatic rings. The summed E-state index contributed by atoms with van der Waals surface area (Å²) in [5.41, 5.74) is 0.815. The van der Waals surface area contributed by atoms with Crippen LogP contribution in [0.3, 0.4) is 0 Å². The van der Waals surface area contributed by atoms with Crippen molar-refractivity contribution in [3.8, 4) is 5.75 Å². The van der Waals surface area contributed by atoms with E-state index in [4.69, 9.17) is 9.47 Å². The molecule has 28 heavy (non-hydrogen) atoms. The minimum atomic E-state index is -0.359. The summed E-state index contributed by atoms with van der Waals surface area (Å²) in [5, 5.41) is 11.1. The average molecular weight is 390 g/mol. The van der Waals surface area contributed by atoms with Gasteiger partial charge in [0.15, 0.2) is 23.4 Å². The number of hydrogen-bond donors (Lipinski definition) is 2. The predicted octanol–water partition coefficient (Wildman–Crippen LogP) is 1.64. The van der Waals surface area contributed by atoms with E-state index in [-0.39, 0.29) is 17.6 Å². The molecule has 0 radical (unpaired) electrons. The summed E-state index contributed by atoms with van der Waals surface area (Å²) in [6.07, 6.45) is 1.78. The zero-order valence-electron chi connectivity index (χ0n) is 16.5. The molecule has 2 N–H and O–H groups in total. The van der Waals surface area contributed by atoms with Gasteiger partial charge < -0.3 is 20.1 Å². The van der Waals surface area contributed by atoms with Gasteiger partial charge in [-0.2, -0.15) is 5.10 Å². The number of guanidine groups is 1. The normalized spacial score (nSPS) is 16.6. The molecule has 1 unspecified atom stereocenters. The predicted molar refractivity (Wildman–Crippen MR) is 104 cm³/mol. The van der Waals surface area contributed by atoms with Crippen LogP contribution in [-0.2, 0) is 30.9 Å². The first-order chi connectivity index (χ1) is 13.6. The van der Waals surface area contributed by atoms with Gasteiger partial charge in [0.1, 0.15) is 12.4 Å². The van der Waals surface area contributed by atoms with Gasteiger partial charge in [-0.25, -0.2) is 14.1 Å². The summed E-state index contributed by atoms with van der Waals surface area (Å²) in [6.45, 7) is 3.86. The molecule has 2 aromatic rings. The lowest BCUT2D eigenvalue weighted by Gasteiger charge is -2.25. The number of aromatic nitrogens is 3. The minimum Gasteiger partial charge on any atom is -0.491 e. The largest absolute Gasteiger partial charge is 0.491 e. The number of fused-ring (bicyclic) bond motifs is 1. The van der Waals surface area contributed by atoms with Crippen molar-refractivity contribution >= 4 is 5.96 Å². The lowest BCUT2D eigenvalue weighted by Crippen LogP contribution is -2.46. The molecule has 0 saturated heterocycles. The van der Waals surface area contributed by atoms with Gasteiger partial charge in [0.05, 0.1) is 13.2 Å². The van der Waals surface area contributed by atoms with Gasteiger partial charge in [0, 0.05) is 33.2 Å². The monoisotopic (exact) mass is 390 g/mol. The van der Waals surface area contributed by atoms with Crippen LogP contribution in [-0.4, -0.2) is 47.5 Å². The Morgan fingerprint density at radius 2 is 2.29 bits per heavy atom. The third-order valence-corrected chi connectivity index (χ3v) is 4.50. The molecule has 1 aliphatic heterocycles. The molecule has 0 saturated carbocycles. The summed E-state index contributed by atoms with van der Waals surface area (Å²) in [4.78, 5) is 8.75. The zero-order chi connectivity index (χ0) is 19.9. The molecule has 0 fully saturated rings. The summed E-state index contributed by atoms with van der Waals surface area (Å²) >= 11 is 0. The Bertz CT molecular complexity index is 823. The molecule has 152 valence electrons. The van der Waals surface area contributed by atoms with Crippen molar-refractivity contribution < 1.29 is 13.9 Å². The van der Waals surface area contributed by atoms with Crippen LogP contribution >= 0.6 is 0 Å². The Labute approximate surface area is 164 Å². The Morgan fingerprint density at radius 1 is 1.43 bits per heavy atom. The topological polar surface area (TPSA) is 85.6 Å². The Kier molecular flexibility index (Phi) is 6.80. The standard InChI is InChI=1S/C19H27FN6O2/c1-4-28-16-7-5-13(9-15(16)20)10-22-19(21-2)23-14-6-8-18-24-17(12-27-3)25-26(18)11-14/h5,7,9,14H,4,6,8,10-12H2,1-3H3,(H2,21,22,23). The second-order valence-corrected chi connectivity index (χ2v) is 6.56. The van der Waals surface area contributed by atoms with Crippen LogP contribution in [0.2, 0.25) is 0 Å². The molecule has 1 aromatic heterocycles. The van der Waals surface area contributed by atoms with Crippen LogP contribution in [0.25, 0.3) is 0 Å². The first-order valence-electron chi connectivity index (χ1n) is 9.42. The Balaban J connectivity index is 1.54. The highest BCUT2D eigenvalue weighted by Crippen LogP contribution is 2.18. The van der Waals surface area contributed by atoms with E-state index in [0.717, 1.165) is 24.2 Å². The van der Waals surface area contributed by atoms with E-state index < -0.39 is 0 Å². The van der Waals surface area contributed by atoms with Gasteiger partial charge in [0.2, 0.25) is 0 Å². The molecule has 0 bridgehead atoms. The van der Waals surface area contributed by atoms with E-state index in [1.54, 1.807) is 20.2 Å². The highest BCUT2D eigenvalue weighted by atomic mass is 19.1. The first kappa shape index (κ1) is 20.1. The van der Waals surface area contributed by atoms with Crippen molar-refractivity contribution in [1.29, 1.82) is 0 Å². The fraction of sp³-hybridized carbons (Fsp3) is 0.526. The molecule has 1 aromatic carbocycles. The second-order valence-electron chi connectivity index (χ2n) is 6.56. The van der Waals surface area contributed by atoms with Gasteiger partial charge in [-0.15, -0.1) is 0 Å². The average Bonchev–Trinajstić information content (AvgIpc) is 3.09. The summed E-state index contributed by atoms with van der Waals surface area (Å²) in [7, 11) is 3.35. The van der Waals surface area contributed by atoms with Gasteiger partial charge >= 0.3 is 0 Å². The highest BCUT2D eigenvalue weighted by molar-refractivity contribution is 5.79. The lowest BCUT2D eigenvalue weighted by atomic mass is 10.1. The van der Waals surface area contributed by atoms with Crippen LogP contribution in [0.1, 0.15) is 30.6 Å². The van der Waals surface area contributed by atoms with Crippen molar-refractivity contribution in [1.82, 2.24) is 25.4 Å². The molecule has 8 nitrogen and oxygen atoms in total. The number of benzene rings is 1. The maximum absolute atomic E-state index is 14.0. The molecule has 2 heterocycles. The molecule has 0 amide bonds. The molecule has 1 atom stereocenters. The number of aliphatic imine (C=N–C) groups is 1. The number of rotatable bonds is 7. The summed E-state index contributed by atoms with van der Waals surface area (Å²) < 4.78 is 26.2. The smallest absolute Gasteiger partial charge is 0.191 e. The van der Waals surface area contributed by atoms with E-state index in [0.29, 0.717) is 38.1 Å². The van der Waals surface area contributed by atoms with Gasteiger partial charge in [-0.05, 0) is 31.0 Å². The van der Waals surface area contributed by atoms with Crippen LogP contribution in [0.5, 0.6) is 5.75 Å². The van der Waals surface area contributed by atoms with Crippen molar-refractivity contribution in [2.45, 2.75) is 45.5 Å². The number of nitrogens with zero attached hydrogens (tertiary/aromatic N) is 4. The number of ether oxygens (including phenoxy) is 2. The van der Waals surface area contributed by atoms with E-state index in [9.17, 15) is 4.39 Å². The maximum atomic E-state index is 14.0. The van der Waals surface area contributed by atoms with Gasteiger partial charge in [-0.1, -0.05) is 6.07 Å². The molecule has 9 heteroatoms. The fourth-order valence-corrected chi connectivity index (χ4v) is 3.17. The molecule has 0 aliphatic carbocycles. The van der Waals surface area contributed by atoms with E-state index >= 15 is 0 Å². The SMILES string of the molecule is CCOc1ccc(CNC(=NC)NC2CCc3nc(COC)nn3C2)cc1F. The van der Waals surface area contributed by atoms with Crippen LogP contribution in [0.4, 0.5) is 4.39 Å². The quantitative estimate of drug-likeness (QED) is 0.552. The lowest BCUT2D eigenvalue weighted by molar-refractivity contribution is 0.177. The molecular weight excluding hydrogens is 363 g/mol. The van der Waals surface area contributed by atoms with Crippen molar-refractivity contribution in [3.05, 3.63) is 41.2 Å². The highest BCUT2D eigenvalue weighted by Gasteiger charge is 2.22. The Morgan fingerprint density at radius 3 is 3.00 bits per heavy atom. The van der Waals surface area contributed by atoms with Gasteiger partial charge in [-0.3, -0.25) is 4.99 Å². The summed E-state index contributed by atoms with van der Waals surface area (Å²) in [5.74, 6) is 2.27. The van der Waals surface area contributed by atoms with Crippen molar-refractivity contribution in [2.24, 2.45) is 4.99 Å². The number of halogens is 1. The maximum Gasteiger partial charge on any atom is 0.191 e. The summed E-state index contributed by atoms with van der Waals surface area (Å²) in [6, 6.07) is 5.16. The van der Waals surface area contributed by atoms with Crippen LogP contribution < -0.4 is 15.4 Å². The first-order valence-corrected chi connectivity index (χ1v) is 9.42. The number of methoxy groups -OCH3 is 1. The van der Waals surface area contributed by atoms with E-state index in [1.807, 2.05) is 17.7 Å². The molecule has 0 spiro atoms. The fourth-order valence-electron chi connectivity index (χ4n) is 3.17. The molecular formula is C19H27FN6O2. The third kappa shape index (κ3) is 4.98. The van der Waals surface area contributed by atoms with Crippen LogP contribution in [0, 0.1) is 5.82 Å². The number of aryl methyl sites for hydroxylation is 1. The van der Waals surface area contributed by atoms with E-state index in [2.05, 4.69) is 25.7 Å². The molecule has 3 rings (SSSR count).